The van der Waals surface area contributed by atoms with Crippen LogP contribution in [0.2, 0.25) is 0 Å². The molecule has 8 heteroatoms. The third-order valence-corrected chi connectivity index (χ3v) is 8.18. The van der Waals surface area contributed by atoms with Gasteiger partial charge in [-0.2, -0.15) is 0 Å². The zero-order valence-electron chi connectivity index (χ0n) is 19.0. The lowest BCUT2D eigenvalue weighted by molar-refractivity contribution is -0.146. The lowest BCUT2D eigenvalue weighted by Gasteiger charge is -2.38. The van der Waals surface area contributed by atoms with Gasteiger partial charge in [0.05, 0.1) is 30.6 Å². The summed E-state index contributed by atoms with van der Waals surface area (Å²) in [5.41, 5.74) is -0.286. The van der Waals surface area contributed by atoms with E-state index in [1.54, 1.807) is 7.05 Å². The van der Waals surface area contributed by atoms with E-state index in [-0.39, 0.29) is 36.5 Å². The van der Waals surface area contributed by atoms with Crippen LogP contribution in [0.3, 0.4) is 0 Å². The molecule has 33 heavy (non-hydrogen) atoms. The van der Waals surface area contributed by atoms with E-state index in [9.17, 15) is 19.5 Å². The van der Waals surface area contributed by atoms with E-state index in [0.717, 1.165) is 31.2 Å². The van der Waals surface area contributed by atoms with Crippen molar-refractivity contribution in [2.24, 2.45) is 11.8 Å². The Morgan fingerprint density at radius 1 is 1.15 bits per heavy atom. The van der Waals surface area contributed by atoms with E-state index in [0.29, 0.717) is 12.8 Å². The van der Waals surface area contributed by atoms with Gasteiger partial charge in [-0.1, -0.05) is 49.6 Å². The van der Waals surface area contributed by atoms with Gasteiger partial charge < -0.3 is 25.4 Å². The molecule has 2 bridgehead atoms. The van der Waals surface area contributed by atoms with Gasteiger partial charge in [0.15, 0.2) is 0 Å². The second-order valence-electron chi connectivity index (χ2n) is 9.87. The molecular weight excluding hydrogens is 422 g/mol. The Morgan fingerprint density at radius 3 is 2.55 bits per heavy atom. The number of nitrogens with one attached hydrogen (secondary N) is 2. The molecule has 2 unspecified atom stereocenters. The van der Waals surface area contributed by atoms with Crippen molar-refractivity contribution in [1.82, 2.24) is 15.5 Å². The van der Waals surface area contributed by atoms with Crippen LogP contribution >= 0.6 is 0 Å². The Morgan fingerprint density at radius 2 is 1.88 bits per heavy atom. The largest absolute Gasteiger partial charge is 0.394 e. The Bertz CT molecular complexity index is 918. The van der Waals surface area contributed by atoms with Crippen molar-refractivity contribution >= 4 is 17.7 Å². The lowest BCUT2D eigenvalue weighted by Crippen LogP contribution is -2.57. The second-order valence-corrected chi connectivity index (χ2v) is 9.87. The molecule has 0 aromatic heterocycles. The first-order chi connectivity index (χ1) is 16.0. The first kappa shape index (κ1) is 22.3. The van der Waals surface area contributed by atoms with Crippen LogP contribution in [0.4, 0.5) is 0 Å². The molecule has 3 saturated heterocycles. The highest BCUT2D eigenvalue weighted by molar-refractivity contribution is 5.99. The van der Waals surface area contributed by atoms with Crippen molar-refractivity contribution in [3.63, 3.8) is 0 Å². The number of carbonyl (C=O) groups excluding carboxylic acids is 3. The lowest BCUT2D eigenvalue weighted by atomic mass is 9.70. The van der Waals surface area contributed by atoms with Gasteiger partial charge in [-0.25, -0.2) is 0 Å². The highest BCUT2D eigenvalue weighted by atomic mass is 16.5. The second kappa shape index (κ2) is 8.72. The molecular formula is C25H33N3O5. The molecule has 5 rings (SSSR count). The number of likely N-dealkylation sites (tertiary alicyclic amines) is 1. The first-order valence-corrected chi connectivity index (χ1v) is 12.2. The van der Waals surface area contributed by atoms with Crippen LogP contribution in [0.25, 0.3) is 0 Å². The monoisotopic (exact) mass is 455 g/mol. The quantitative estimate of drug-likeness (QED) is 0.599. The Kier molecular flexibility index (Phi) is 5.91. The molecule has 4 fully saturated rings. The highest BCUT2D eigenvalue weighted by Gasteiger charge is 2.75. The van der Waals surface area contributed by atoms with Gasteiger partial charge in [-0.15, -0.1) is 0 Å². The summed E-state index contributed by atoms with van der Waals surface area (Å²) in [5.74, 6) is -2.09. The molecule has 3 N–H and O–H groups in total. The summed E-state index contributed by atoms with van der Waals surface area (Å²) in [6, 6.07) is 7.79. The van der Waals surface area contributed by atoms with E-state index in [1.165, 1.54) is 11.3 Å². The van der Waals surface area contributed by atoms with Crippen molar-refractivity contribution < 1.29 is 24.2 Å². The van der Waals surface area contributed by atoms with Crippen molar-refractivity contribution in [2.75, 3.05) is 13.7 Å². The smallest absolute Gasteiger partial charge is 0.246 e. The fraction of sp³-hybridized carbons (Fsp3) is 0.640. The minimum atomic E-state index is -1.04. The predicted molar refractivity (Wildman–Crippen MR) is 120 cm³/mol. The number of ether oxygens (including phenoxy) is 1. The van der Waals surface area contributed by atoms with Crippen molar-refractivity contribution in [3.8, 4) is 0 Å². The molecule has 3 aliphatic heterocycles. The topological polar surface area (TPSA) is 108 Å². The van der Waals surface area contributed by atoms with Gasteiger partial charge in [0.1, 0.15) is 11.6 Å². The molecule has 3 heterocycles. The summed E-state index contributed by atoms with van der Waals surface area (Å²) in [6.07, 6.45) is 6.00. The predicted octanol–water partition coefficient (Wildman–Crippen LogP) is 1.29. The number of aliphatic hydroxyl groups is 1. The van der Waals surface area contributed by atoms with E-state index < -0.39 is 29.5 Å². The van der Waals surface area contributed by atoms with Crippen LogP contribution < -0.4 is 10.6 Å². The SMILES string of the molecule is CNC(=O)[C@@H]1[C@@H]2CCC3(O2)C(C(=O)NC2CCCCC2)N([C@H](CO)c2ccccc2)C(=O)[C@H]13. The molecule has 1 aromatic rings. The van der Waals surface area contributed by atoms with Gasteiger partial charge in [0.2, 0.25) is 17.7 Å². The number of benzene rings is 1. The van der Waals surface area contributed by atoms with Gasteiger partial charge in [0, 0.05) is 13.1 Å². The molecule has 178 valence electrons. The number of nitrogens with zero attached hydrogens (tertiary/aromatic N) is 1. The minimum absolute atomic E-state index is 0.0799. The third-order valence-electron chi connectivity index (χ3n) is 8.18. The summed E-state index contributed by atoms with van der Waals surface area (Å²) in [7, 11) is 1.56. The fourth-order valence-electron chi connectivity index (χ4n) is 6.75. The van der Waals surface area contributed by atoms with Gasteiger partial charge in [-0.3, -0.25) is 14.4 Å². The zero-order valence-corrected chi connectivity index (χ0v) is 19.0. The molecule has 6 atom stereocenters. The van der Waals surface area contributed by atoms with Crippen LogP contribution in [0, 0.1) is 11.8 Å². The Hall–Kier alpha value is -2.45. The average molecular weight is 456 g/mol. The number of amides is 3. The molecule has 1 spiro atoms. The Balaban J connectivity index is 1.55. The normalized spacial score (nSPS) is 34.2. The van der Waals surface area contributed by atoms with Gasteiger partial charge in [0.25, 0.3) is 0 Å². The molecule has 4 aliphatic rings. The van der Waals surface area contributed by atoms with Gasteiger partial charge in [-0.05, 0) is 31.2 Å². The summed E-state index contributed by atoms with van der Waals surface area (Å²) >= 11 is 0. The number of hydrogen-bond donors (Lipinski definition) is 3. The van der Waals surface area contributed by atoms with Gasteiger partial charge >= 0.3 is 0 Å². The number of hydrogen-bond acceptors (Lipinski definition) is 5. The van der Waals surface area contributed by atoms with Crippen molar-refractivity contribution in [2.45, 2.75) is 74.8 Å². The first-order valence-electron chi connectivity index (χ1n) is 12.2. The van der Waals surface area contributed by atoms with Crippen molar-refractivity contribution in [1.29, 1.82) is 0 Å². The maximum absolute atomic E-state index is 14.0. The van der Waals surface area contributed by atoms with Crippen LogP contribution in [0.1, 0.15) is 56.6 Å². The maximum atomic E-state index is 14.0. The molecule has 0 radical (unpaired) electrons. The molecule has 3 amide bonds. The van der Waals surface area contributed by atoms with Crippen LogP contribution in [-0.4, -0.2) is 65.2 Å². The van der Waals surface area contributed by atoms with E-state index in [4.69, 9.17) is 4.74 Å². The Labute approximate surface area is 194 Å². The molecule has 1 saturated carbocycles. The number of aliphatic hydroxyl groups excluding tert-OH is 1. The van der Waals surface area contributed by atoms with E-state index in [2.05, 4.69) is 10.6 Å². The van der Waals surface area contributed by atoms with Crippen LogP contribution in [0.15, 0.2) is 30.3 Å². The summed E-state index contributed by atoms with van der Waals surface area (Å²) in [4.78, 5) is 42.1. The molecule has 8 nitrogen and oxygen atoms in total. The average Bonchev–Trinajstić information content (AvgIpc) is 3.48. The summed E-state index contributed by atoms with van der Waals surface area (Å²) < 4.78 is 6.41. The number of rotatable bonds is 6. The maximum Gasteiger partial charge on any atom is 0.246 e. The standard InChI is InChI=1S/C25H33N3O5/c1-26-22(30)19-18-12-13-25(33-18)20(19)24(32)28(17(14-29)15-8-4-2-5-9-15)21(25)23(31)27-16-10-6-3-7-11-16/h2,4-5,8-9,16-21,29H,3,6-7,10-14H2,1H3,(H,26,30)(H,27,31)/t17-,18+,19-,20+,21?,25?/m1/s1. The van der Waals surface area contributed by atoms with Crippen LogP contribution in [-0.2, 0) is 19.1 Å². The summed E-state index contributed by atoms with van der Waals surface area (Å²) in [5, 5.41) is 16.3. The number of carbonyl (C=O) groups is 3. The zero-order chi connectivity index (χ0) is 23.2. The van der Waals surface area contributed by atoms with E-state index in [1.807, 2.05) is 30.3 Å². The minimum Gasteiger partial charge on any atom is -0.394 e. The highest BCUT2D eigenvalue weighted by Crippen LogP contribution is 2.59. The third kappa shape index (κ3) is 3.46. The number of fused-ring (bicyclic) bond motifs is 1. The van der Waals surface area contributed by atoms with E-state index >= 15 is 0 Å². The van der Waals surface area contributed by atoms with Crippen LogP contribution in [0.5, 0.6) is 0 Å². The fourth-order valence-corrected chi connectivity index (χ4v) is 6.75. The molecule has 1 aromatic carbocycles. The molecule has 1 aliphatic carbocycles. The summed E-state index contributed by atoms with van der Waals surface area (Å²) in [6.45, 7) is -0.320. The van der Waals surface area contributed by atoms with Crippen molar-refractivity contribution in [3.05, 3.63) is 35.9 Å².